The molecule has 28 heavy (non-hydrogen) atoms. The summed E-state index contributed by atoms with van der Waals surface area (Å²) in [4.78, 5) is 26.3. The van der Waals surface area contributed by atoms with Crippen molar-refractivity contribution in [1.29, 1.82) is 0 Å². The lowest BCUT2D eigenvalue weighted by atomic mass is 10.1. The number of benzene rings is 2. The summed E-state index contributed by atoms with van der Waals surface area (Å²) >= 11 is 0. The van der Waals surface area contributed by atoms with Crippen LogP contribution in [0.5, 0.6) is 5.75 Å². The molecule has 0 spiro atoms. The maximum atomic E-state index is 12.9. The number of carbonyl (C=O) groups is 2. The molecule has 148 valence electrons. The molecule has 0 aromatic heterocycles. The van der Waals surface area contributed by atoms with Crippen molar-refractivity contribution in [3.05, 3.63) is 65.2 Å². The SMILES string of the molecule is CCN(CC1CCOC1)C(=O)c1cccc(COc2ccccc2C(N)=O)c1. The van der Waals surface area contributed by atoms with Gasteiger partial charge in [-0.2, -0.15) is 0 Å². The summed E-state index contributed by atoms with van der Waals surface area (Å²) in [6.45, 7) is 5.09. The number of ether oxygens (including phenoxy) is 2. The van der Waals surface area contributed by atoms with Crippen LogP contribution >= 0.6 is 0 Å². The Kier molecular flexibility index (Phi) is 6.66. The molecule has 2 amide bonds. The van der Waals surface area contributed by atoms with Gasteiger partial charge in [0.1, 0.15) is 12.4 Å². The van der Waals surface area contributed by atoms with Crippen LogP contribution in [0.3, 0.4) is 0 Å². The van der Waals surface area contributed by atoms with Crippen LogP contribution in [0.4, 0.5) is 0 Å². The van der Waals surface area contributed by atoms with Crippen LogP contribution in [0.1, 0.15) is 39.6 Å². The fraction of sp³-hybridized carbons (Fsp3) is 0.364. The molecule has 6 nitrogen and oxygen atoms in total. The first kappa shape index (κ1) is 19.9. The fourth-order valence-corrected chi connectivity index (χ4v) is 3.33. The van der Waals surface area contributed by atoms with Gasteiger partial charge in [-0.15, -0.1) is 0 Å². The van der Waals surface area contributed by atoms with Crippen LogP contribution in [0.15, 0.2) is 48.5 Å². The molecule has 0 saturated carbocycles. The molecule has 1 heterocycles. The van der Waals surface area contributed by atoms with Crippen molar-refractivity contribution >= 4 is 11.8 Å². The number of para-hydroxylation sites is 1. The normalized spacial score (nSPS) is 16.0. The van der Waals surface area contributed by atoms with Gasteiger partial charge in [0.2, 0.25) is 0 Å². The lowest BCUT2D eigenvalue weighted by Crippen LogP contribution is -2.35. The highest BCUT2D eigenvalue weighted by Gasteiger charge is 2.22. The standard InChI is InChI=1S/C22H26N2O4/c1-2-24(13-17-10-11-27-14-17)22(26)18-7-5-6-16(12-18)15-28-20-9-4-3-8-19(20)21(23)25/h3-9,12,17H,2,10-11,13-15H2,1H3,(H2,23,25). The van der Waals surface area contributed by atoms with E-state index in [2.05, 4.69) is 0 Å². The van der Waals surface area contributed by atoms with Crippen LogP contribution in [-0.2, 0) is 11.3 Å². The van der Waals surface area contributed by atoms with Crippen molar-refractivity contribution in [2.24, 2.45) is 11.7 Å². The molecule has 1 aliphatic rings. The van der Waals surface area contributed by atoms with Crippen LogP contribution in [0.2, 0.25) is 0 Å². The second-order valence-electron chi connectivity index (χ2n) is 6.92. The molecule has 1 atom stereocenters. The molecule has 6 heteroatoms. The lowest BCUT2D eigenvalue weighted by molar-refractivity contribution is 0.0730. The van der Waals surface area contributed by atoms with Gasteiger partial charge in [-0.25, -0.2) is 0 Å². The second kappa shape index (κ2) is 9.37. The third kappa shape index (κ3) is 4.89. The minimum atomic E-state index is -0.533. The third-order valence-corrected chi connectivity index (χ3v) is 4.89. The number of nitrogens with zero attached hydrogens (tertiary/aromatic N) is 1. The maximum Gasteiger partial charge on any atom is 0.253 e. The zero-order chi connectivity index (χ0) is 19.9. The summed E-state index contributed by atoms with van der Waals surface area (Å²) in [5.74, 6) is 0.312. The predicted octanol–water partition coefficient (Wildman–Crippen LogP) is 2.86. The predicted molar refractivity (Wildman–Crippen MR) is 106 cm³/mol. The summed E-state index contributed by atoms with van der Waals surface area (Å²) in [5.41, 5.74) is 7.21. The van der Waals surface area contributed by atoms with E-state index in [9.17, 15) is 9.59 Å². The summed E-state index contributed by atoms with van der Waals surface area (Å²) in [6.07, 6.45) is 0.997. The van der Waals surface area contributed by atoms with Gasteiger partial charge in [-0.1, -0.05) is 24.3 Å². The molecule has 0 bridgehead atoms. The molecule has 1 aliphatic heterocycles. The zero-order valence-corrected chi connectivity index (χ0v) is 16.1. The topological polar surface area (TPSA) is 81.9 Å². The van der Waals surface area contributed by atoms with E-state index in [0.717, 1.165) is 25.2 Å². The van der Waals surface area contributed by atoms with Crippen molar-refractivity contribution < 1.29 is 19.1 Å². The Morgan fingerprint density at radius 3 is 2.75 bits per heavy atom. The van der Waals surface area contributed by atoms with E-state index in [4.69, 9.17) is 15.2 Å². The summed E-state index contributed by atoms with van der Waals surface area (Å²) in [5, 5.41) is 0. The Hall–Kier alpha value is -2.86. The van der Waals surface area contributed by atoms with E-state index in [1.165, 1.54) is 0 Å². The number of rotatable bonds is 8. The quantitative estimate of drug-likeness (QED) is 0.761. The van der Waals surface area contributed by atoms with Crippen molar-refractivity contribution in [2.75, 3.05) is 26.3 Å². The Bertz CT molecular complexity index is 831. The summed E-state index contributed by atoms with van der Waals surface area (Å²) in [6, 6.07) is 14.2. The molecule has 0 aliphatic carbocycles. The van der Waals surface area contributed by atoms with Crippen molar-refractivity contribution in [3.63, 3.8) is 0 Å². The molecular formula is C22H26N2O4. The lowest BCUT2D eigenvalue weighted by Gasteiger charge is -2.24. The monoisotopic (exact) mass is 382 g/mol. The first-order valence-electron chi connectivity index (χ1n) is 9.56. The van der Waals surface area contributed by atoms with Crippen LogP contribution < -0.4 is 10.5 Å². The largest absolute Gasteiger partial charge is 0.488 e. The molecule has 2 aromatic rings. The van der Waals surface area contributed by atoms with Gasteiger partial charge >= 0.3 is 0 Å². The highest BCUT2D eigenvalue weighted by atomic mass is 16.5. The average Bonchev–Trinajstić information content (AvgIpc) is 3.23. The van der Waals surface area contributed by atoms with Crippen LogP contribution in [0, 0.1) is 5.92 Å². The molecule has 2 N–H and O–H groups in total. The van der Waals surface area contributed by atoms with Gasteiger partial charge in [0.15, 0.2) is 0 Å². The number of hydrogen-bond acceptors (Lipinski definition) is 4. The molecule has 0 radical (unpaired) electrons. The third-order valence-electron chi connectivity index (χ3n) is 4.89. The van der Waals surface area contributed by atoms with Crippen LogP contribution in [0.25, 0.3) is 0 Å². The smallest absolute Gasteiger partial charge is 0.253 e. The van der Waals surface area contributed by atoms with E-state index in [0.29, 0.717) is 35.9 Å². The molecular weight excluding hydrogens is 356 g/mol. The molecule has 1 fully saturated rings. The van der Waals surface area contributed by atoms with E-state index in [1.807, 2.05) is 36.1 Å². The number of nitrogens with two attached hydrogens (primary N) is 1. The highest BCUT2D eigenvalue weighted by Crippen LogP contribution is 2.20. The van der Waals surface area contributed by atoms with Gasteiger partial charge in [-0.3, -0.25) is 9.59 Å². The molecule has 1 unspecified atom stereocenters. The van der Waals surface area contributed by atoms with E-state index >= 15 is 0 Å². The van der Waals surface area contributed by atoms with Crippen molar-refractivity contribution in [2.45, 2.75) is 20.0 Å². The van der Waals surface area contributed by atoms with Crippen molar-refractivity contribution in [1.82, 2.24) is 4.90 Å². The number of primary amides is 1. The van der Waals surface area contributed by atoms with Gasteiger partial charge in [0.05, 0.1) is 12.2 Å². The Morgan fingerprint density at radius 1 is 1.21 bits per heavy atom. The molecule has 3 rings (SSSR count). The van der Waals surface area contributed by atoms with Gasteiger partial charge in [0.25, 0.3) is 11.8 Å². The summed E-state index contributed by atoms with van der Waals surface area (Å²) < 4.78 is 11.2. The molecule has 1 saturated heterocycles. The minimum Gasteiger partial charge on any atom is -0.488 e. The zero-order valence-electron chi connectivity index (χ0n) is 16.1. The van der Waals surface area contributed by atoms with E-state index < -0.39 is 5.91 Å². The Labute approximate surface area is 165 Å². The van der Waals surface area contributed by atoms with Crippen LogP contribution in [-0.4, -0.2) is 43.0 Å². The van der Waals surface area contributed by atoms with Gasteiger partial charge in [0, 0.05) is 31.2 Å². The molecule has 2 aromatic carbocycles. The highest BCUT2D eigenvalue weighted by molar-refractivity contribution is 5.95. The fourth-order valence-electron chi connectivity index (χ4n) is 3.33. The summed E-state index contributed by atoms with van der Waals surface area (Å²) in [7, 11) is 0. The Morgan fingerprint density at radius 2 is 2.04 bits per heavy atom. The van der Waals surface area contributed by atoms with E-state index in [1.54, 1.807) is 24.3 Å². The first-order chi connectivity index (χ1) is 13.6. The first-order valence-corrected chi connectivity index (χ1v) is 9.56. The van der Waals surface area contributed by atoms with Gasteiger partial charge < -0.3 is 20.1 Å². The van der Waals surface area contributed by atoms with E-state index in [-0.39, 0.29) is 12.5 Å². The number of hydrogen-bond donors (Lipinski definition) is 1. The average molecular weight is 382 g/mol. The number of carbonyl (C=O) groups excluding carboxylic acids is 2. The van der Waals surface area contributed by atoms with Gasteiger partial charge in [-0.05, 0) is 43.2 Å². The minimum absolute atomic E-state index is 0.00814. The van der Waals surface area contributed by atoms with Crippen molar-refractivity contribution in [3.8, 4) is 5.75 Å². The number of amides is 2. The second-order valence-corrected chi connectivity index (χ2v) is 6.92. The maximum absolute atomic E-state index is 12.9. The Balaban J connectivity index is 1.68.